The molecule has 0 bridgehead atoms. The highest BCUT2D eigenvalue weighted by molar-refractivity contribution is 6.30. The highest BCUT2D eigenvalue weighted by Crippen LogP contribution is 2.28. The standard InChI is InChI=1S/C20H19ClN4O/c21-17-7-4-8-18(13-17)25-14-19(22-23-25)20(26)24-11-9-16(10-12-24)15-5-2-1-3-6-15/h1-8,13-14,16H,9-12H2. The van der Waals surface area contributed by atoms with E-state index in [1.54, 1.807) is 23.0 Å². The maximum absolute atomic E-state index is 12.7. The van der Waals surface area contributed by atoms with Crippen LogP contribution in [0.5, 0.6) is 0 Å². The van der Waals surface area contributed by atoms with Gasteiger partial charge in [-0.15, -0.1) is 5.10 Å². The Kier molecular flexibility index (Phi) is 4.71. The Morgan fingerprint density at radius 3 is 2.54 bits per heavy atom. The van der Waals surface area contributed by atoms with Crippen molar-refractivity contribution in [3.63, 3.8) is 0 Å². The van der Waals surface area contributed by atoms with E-state index in [0.717, 1.165) is 31.6 Å². The van der Waals surface area contributed by atoms with E-state index in [1.165, 1.54) is 5.56 Å². The number of nitrogens with zero attached hydrogens (tertiary/aromatic N) is 4. The monoisotopic (exact) mass is 366 g/mol. The van der Waals surface area contributed by atoms with Crippen molar-refractivity contribution in [3.8, 4) is 5.69 Å². The van der Waals surface area contributed by atoms with Gasteiger partial charge in [0.1, 0.15) is 0 Å². The molecule has 0 radical (unpaired) electrons. The zero-order valence-corrected chi connectivity index (χ0v) is 15.0. The quantitative estimate of drug-likeness (QED) is 0.705. The van der Waals surface area contributed by atoms with Gasteiger partial charge in [-0.3, -0.25) is 4.79 Å². The van der Waals surface area contributed by atoms with Crippen molar-refractivity contribution in [3.05, 3.63) is 77.1 Å². The van der Waals surface area contributed by atoms with E-state index >= 15 is 0 Å². The molecule has 2 heterocycles. The molecule has 26 heavy (non-hydrogen) atoms. The minimum Gasteiger partial charge on any atom is -0.337 e. The Hall–Kier alpha value is -2.66. The number of carbonyl (C=O) groups excluding carboxylic acids is 1. The van der Waals surface area contributed by atoms with Crippen molar-refractivity contribution in [1.29, 1.82) is 0 Å². The second-order valence-corrected chi connectivity index (χ2v) is 6.94. The van der Waals surface area contributed by atoms with E-state index in [-0.39, 0.29) is 5.91 Å². The third kappa shape index (κ3) is 3.48. The largest absolute Gasteiger partial charge is 0.337 e. The van der Waals surface area contributed by atoms with Crippen molar-refractivity contribution >= 4 is 17.5 Å². The molecule has 0 unspecified atom stereocenters. The normalized spacial score (nSPS) is 15.2. The number of amides is 1. The highest BCUT2D eigenvalue weighted by Gasteiger charge is 2.26. The SMILES string of the molecule is O=C(c1cn(-c2cccc(Cl)c2)nn1)N1CCC(c2ccccc2)CC1. The van der Waals surface area contributed by atoms with Gasteiger partial charge in [-0.05, 0) is 42.5 Å². The number of carbonyl (C=O) groups is 1. The van der Waals surface area contributed by atoms with Crippen LogP contribution < -0.4 is 0 Å². The predicted molar refractivity (Wildman–Crippen MR) is 101 cm³/mol. The lowest BCUT2D eigenvalue weighted by Gasteiger charge is -2.31. The van der Waals surface area contributed by atoms with Gasteiger partial charge in [0.05, 0.1) is 11.9 Å². The first-order valence-corrected chi connectivity index (χ1v) is 9.11. The Labute approximate surface area is 157 Å². The van der Waals surface area contributed by atoms with Gasteiger partial charge in [0.25, 0.3) is 5.91 Å². The van der Waals surface area contributed by atoms with E-state index in [9.17, 15) is 4.79 Å². The second kappa shape index (κ2) is 7.30. The van der Waals surface area contributed by atoms with Gasteiger partial charge in [0, 0.05) is 18.1 Å². The molecule has 1 amide bonds. The van der Waals surface area contributed by atoms with Crippen LogP contribution in [0.4, 0.5) is 0 Å². The summed E-state index contributed by atoms with van der Waals surface area (Å²) in [6, 6.07) is 17.8. The smallest absolute Gasteiger partial charge is 0.276 e. The zero-order chi connectivity index (χ0) is 17.9. The van der Waals surface area contributed by atoms with Crippen LogP contribution in [0.25, 0.3) is 5.69 Å². The molecule has 0 N–H and O–H groups in total. The number of hydrogen-bond acceptors (Lipinski definition) is 3. The molecule has 0 atom stereocenters. The van der Waals surface area contributed by atoms with E-state index in [1.807, 2.05) is 23.1 Å². The molecular weight excluding hydrogens is 348 g/mol. The van der Waals surface area contributed by atoms with Crippen LogP contribution in [0.15, 0.2) is 60.8 Å². The van der Waals surface area contributed by atoms with E-state index in [2.05, 4.69) is 34.6 Å². The highest BCUT2D eigenvalue weighted by atomic mass is 35.5. The predicted octanol–water partition coefficient (Wildman–Crippen LogP) is 3.94. The van der Waals surface area contributed by atoms with Crippen LogP contribution in [0.1, 0.15) is 34.8 Å². The summed E-state index contributed by atoms with van der Waals surface area (Å²) in [5.41, 5.74) is 2.50. The second-order valence-electron chi connectivity index (χ2n) is 6.51. The molecule has 132 valence electrons. The molecule has 5 nitrogen and oxygen atoms in total. The summed E-state index contributed by atoms with van der Waals surface area (Å²) in [4.78, 5) is 14.6. The fourth-order valence-electron chi connectivity index (χ4n) is 3.41. The molecule has 4 rings (SSSR count). The summed E-state index contributed by atoms with van der Waals surface area (Å²) in [5, 5.41) is 8.74. The van der Waals surface area contributed by atoms with Crippen molar-refractivity contribution in [1.82, 2.24) is 19.9 Å². The van der Waals surface area contributed by atoms with Gasteiger partial charge in [-0.1, -0.05) is 53.2 Å². The average Bonchev–Trinajstić information content (AvgIpc) is 3.18. The van der Waals surface area contributed by atoms with Crippen molar-refractivity contribution in [2.45, 2.75) is 18.8 Å². The molecule has 6 heteroatoms. The third-order valence-corrected chi connectivity index (χ3v) is 5.07. The summed E-state index contributed by atoms with van der Waals surface area (Å²) in [6.45, 7) is 1.48. The minimum absolute atomic E-state index is 0.0650. The maximum atomic E-state index is 12.7. The van der Waals surface area contributed by atoms with Crippen LogP contribution in [-0.2, 0) is 0 Å². The van der Waals surface area contributed by atoms with Gasteiger partial charge in [0.15, 0.2) is 5.69 Å². The first-order chi connectivity index (χ1) is 12.7. The summed E-state index contributed by atoms with van der Waals surface area (Å²) in [7, 11) is 0. The fourth-order valence-corrected chi connectivity index (χ4v) is 3.59. The number of halogens is 1. The Morgan fingerprint density at radius 1 is 1.04 bits per heavy atom. The summed E-state index contributed by atoms with van der Waals surface area (Å²) in [5.74, 6) is 0.451. The first-order valence-electron chi connectivity index (χ1n) is 8.73. The summed E-state index contributed by atoms with van der Waals surface area (Å²) < 4.78 is 1.58. The lowest BCUT2D eigenvalue weighted by molar-refractivity contribution is 0.0707. The van der Waals surface area contributed by atoms with Crippen molar-refractivity contribution < 1.29 is 4.79 Å². The molecule has 1 saturated heterocycles. The molecule has 1 aliphatic rings. The number of rotatable bonds is 3. The molecular formula is C20H19ClN4O. The van der Waals surface area contributed by atoms with Gasteiger partial charge in [-0.25, -0.2) is 4.68 Å². The van der Waals surface area contributed by atoms with E-state index in [0.29, 0.717) is 16.6 Å². The van der Waals surface area contributed by atoms with Crippen LogP contribution in [0.3, 0.4) is 0 Å². The van der Waals surface area contributed by atoms with Crippen LogP contribution in [0, 0.1) is 0 Å². The Balaban J connectivity index is 1.43. The van der Waals surface area contributed by atoms with Crippen molar-refractivity contribution in [2.24, 2.45) is 0 Å². The molecule has 2 aromatic carbocycles. The van der Waals surface area contributed by atoms with E-state index in [4.69, 9.17) is 11.6 Å². The zero-order valence-electron chi connectivity index (χ0n) is 14.3. The lowest BCUT2D eigenvalue weighted by atomic mass is 9.89. The van der Waals surface area contributed by atoms with Gasteiger partial charge < -0.3 is 4.90 Å². The van der Waals surface area contributed by atoms with Crippen LogP contribution in [-0.4, -0.2) is 38.9 Å². The van der Waals surface area contributed by atoms with Gasteiger partial charge in [-0.2, -0.15) is 0 Å². The molecule has 3 aromatic rings. The number of hydrogen-bond donors (Lipinski definition) is 0. The molecule has 0 spiro atoms. The molecule has 1 fully saturated rings. The lowest BCUT2D eigenvalue weighted by Crippen LogP contribution is -2.38. The number of aromatic nitrogens is 3. The summed E-state index contributed by atoms with van der Waals surface area (Å²) >= 11 is 6.01. The van der Waals surface area contributed by atoms with Crippen molar-refractivity contribution in [2.75, 3.05) is 13.1 Å². The van der Waals surface area contributed by atoms with Gasteiger partial charge in [0.2, 0.25) is 0 Å². The number of likely N-dealkylation sites (tertiary alicyclic amines) is 1. The van der Waals surface area contributed by atoms with Gasteiger partial charge >= 0.3 is 0 Å². The van der Waals surface area contributed by atoms with Crippen LogP contribution in [0.2, 0.25) is 5.02 Å². The fraction of sp³-hybridized carbons (Fsp3) is 0.250. The average molecular weight is 367 g/mol. The summed E-state index contributed by atoms with van der Waals surface area (Å²) in [6.07, 6.45) is 3.60. The number of piperidine rings is 1. The molecule has 1 aliphatic heterocycles. The molecule has 1 aromatic heterocycles. The topological polar surface area (TPSA) is 51.0 Å². The Bertz CT molecular complexity index is 901. The minimum atomic E-state index is -0.0650. The first kappa shape index (κ1) is 16.8. The number of benzene rings is 2. The van der Waals surface area contributed by atoms with E-state index < -0.39 is 0 Å². The molecule has 0 saturated carbocycles. The van der Waals surface area contributed by atoms with Crippen LogP contribution >= 0.6 is 11.6 Å². The maximum Gasteiger partial charge on any atom is 0.276 e. The third-order valence-electron chi connectivity index (χ3n) is 4.84. The Morgan fingerprint density at radius 2 is 1.81 bits per heavy atom. The molecule has 0 aliphatic carbocycles.